The van der Waals surface area contributed by atoms with Crippen LogP contribution in [0.5, 0.6) is 0 Å². The molecule has 0 atom stereocenters. The van der Waals surface area contributed by atoms with Gasteiger partial charge in [0.1, 0.15) is 17.7 Å². The lowest BCUT2D eigenvalue weighted by atomic mass is 9.99. The van der Waals surface area contributed by atoms with Gasteiger partial charge in [-0.15, -0.1) is 0 Å². The van der Waals surface area contributed by atoms with Crippen molar-refractivity contribution < 1.29 is 9.36 Å². The van der Waals surface area contributed by atoms with Crippen molar-refractivity contribution in [1.29, 1.82) is 10.5 Å². The number of ketones is 1. The van der Waals surface area contributed by atoms with Gasteiger partial charge >= 0.3 is 0 Å². The van der Waals surface area contributed by atoms with Crippen molar-refractivity contribution in [2.75, 3.05) is 0 Å². The molecule has 0 spiro atoms. The van der Waals surface area contributed by atoms with Crippen molar-refractivity contribution in [3.8, 4) is 12.1 Å². The van der Waals surface area contributed by atoms with Crippen molar-refractivity contribution in [2.24, 2.45) is 0 Å². The number of Topliss-reactive ketones (excluding diaryl/α,β-unsaturated/α-hetero) is 1. The largest absolute Gasteiger partial charge is 0.289 e. The highest BCUT2D eigenvalue weighted by Crippen LogP contribution is 2.13. The van der Waals surface area contributed by atoms with Gasteiger partial charge in [-0.2, -0.15) is 15.1 Å². The highest BCUT2D eigenvalue weighted by atomic mass is 32.1. The van der Waals surface area contributed by atoms with E-state index in [2.05, 4.69) is 0 Å². The first kappa shape index (κ1) is 13.7. The third-order valence-electron chi connectivity index (χ3n) is 2.70. The van der Waals surface area contributed by atoms with Gasteiger partial charge in [0.2, 0.25) is 5.51 Å². The molecule has 4 nitrogen and oxygen atoms in total. The molecule has 2 aromatic rings. The number of carbonyl (C=O) groups excluding carboxylic acids is 1. The maximum Gasteiger partial charge on any atom is 0.224 e. The minimum Gasteiger partial charge on any atom is -0.289 e. The minimum absolute atomic E-state index is 0.141. The van der Waals surface area contributed by atoms with Gasteiger partial charge in [-0.25, -0.2) is 0 Å². The number of nitrogens with zero attached hydrogens (tertiary/aromatic N) is 3. The standard InChI is InChI=1S/C15H10N3OS/c16-8-13(9-17)14(10-18-6-7-20-11-18)15(19)12-4-2-1-3-5-12/h1-7,11H,10H2/q+1. The number of carbonyl (C=O) groups is 1. The van der Waals surface area contributed by atoms with E-state index in [0.717, 1.165) is 0 Å². The van der Waals surface area contributed by atoms with E-state index in [-0.39, 0.29) is 23.5 Å². The SMILES string of the molecule is N#CC(C#N)=C(C[n+]1ccsc1)C(=O)c1ccccc1. The van der Waals surface area contributed by atoms with Crippen LogP contribution in [0.3, 0.4) is 0 Å². The highest BCUT2D eigenvalue weighted by molar-refractivity contribution is 7.07. The van der Waals surface area contributed by atoms with Crippen LogP contribution in [0, 0.1) is 22.7 Å². The summed E-state index contributed by atoms with van der Waals surface area (Å²) in [6, 6.07) is 12.3. The molecular formula is C15H10N3OS+. The van der Waals surface area contributed by atoms with Crippen LogP contribution < -0.4 is 4.57 Å². The van der Waals surface area contributed by atoms with Crippen LogP contribution >= 0.6 is 11.3 Å². The Labute approximate surface area is 120 Å². The molecule has 1 heterocycles. The molecule has 0 bridgehead atoms. The Morgan fingerprint density at radius 3 is 2.45 bits per heavy atom. The third-order valence-corrected chi connectivity index (χ3v) is 3.37. The van der Waals surface area contributed by atoms with Gasteiger partial charge in [-0.1, -0.05) is 41.7 Å². The first-order valence-corrected chi connectivity index (χ1v) is 6.75. The quantitative estimate of drug-likeness (QED) is 0.373. The van der Waals surface area contributed by atoms with E-state index in [4.69, 9.17) is 10.5 Å². The Kier molecular flexibility index (Phi) is 4.39. The smallest absolute Gasteiger partial charge is 0.224 e. The molecule has 0 radical (unpaired) electrons. The minimum atomic E-state index is -0.289. The van der Waals surface area contributed by atoms with Gasteiger partial charge in [0.15, 0.2) is 18.5 Å². The molecule has 20 heavy (non-hydrogen) atoms. The van der Waals surface area contributed by atoms with Gasteiger partial charge < -0.3 is 0 Å². The summed E-state index contributed by atoms with van der Waals surface area (Å²) in [6.45, 7) is 0.216. The monoisotopic (exact) mass is 280 g/mol. The molecular weight excluding hydrogens is 270 g/mol. The molecule has 0 aliphatic heterocycles. The van der Waals surface area contributed by atoms with Crippen LogP contribution in [0.2, 0.25) is 0 Å². The zero-order valence-electron chi connectivity index (χ0n) is 10.5. The van der Waals surface area contributed by atoms with Crippen LogP contribution in [0.15, 0.2) is 58.6 Å². The summed E-state index contributed by atoms with van der Waals surface area (Å²) in [6.07, 6.45) is 1.80. The van der Waals surface area contributed by atoms with Crippen LogP contribution in [-0.4, -0.2) is 5.78 Å². The number of rotatable bonds is 4. The molecule has 2 rings (SSSR count). The van der Waals surface area contributed by atoms with Gasteiger partial charge in [0, 0.05) is 5.56 Å². The lowest BCUT2D eigenvalue weighted by Gasteiger charge is -2.03. The van der Waals surface area contributed by atoms with E-state index in [1.165, 1.54) is 11.3 Å². The summed E-state index contributed by atoms with van der Waals surface area (Å²) in [5, 5.41) is 19.9. The normalized spacial score (nSPS) is 9.30. The Hall–Kier alpha value is -2.76. The zero-order chi connectivity index (χ0) is 14.4. The predicted molar refractivity (Wildman–Crippen MR) is 73.5 cm³/mol. The molecule has 0 amide bonds. The van der Waals surface area contributed by atoms with Crippen molar-refractivity contribution in [3.05, 3.63) is 64.1 Å². The second kappa shape index (κ2) is 6.42. The number of aromatic nitrogens is 1. The van der Waals surface area contributed by atoms with Crippen molar-refractivity contribution in [3.63, 3.8) is 0 Å². The molecule has 1 aromatic heterocycles. The lowest BCUT2D eigenvalue weighted by Crippen LogP contribution is -2.33. The third kappa shape index (κ3) is 2.97. The number of benzene rings is 1. The zero-order valence-corrected chi connectivity index (χ0v) is 11.3. The summed E-state index contributed by atoms with van der Waals surface area (Å²) in [5.74, 6) is -0.289. The summed E-state index contributed by atoms with van der Waals surface area (Å²) in [7, 11) is 0. The molecule has 5 heteroatoms. The van der Waals surface area contributed by atoms with E-state index in [9.17, 15) is 4.79 Å². The summed E-state index contributed by atoms with van der Waals surface area (Å²) < 4.78 is 1.77. The van der Waals surface area contributed by atoms with Crippen molar-refractivity contribution >= 4 is 17.1 Å². The first-order valence-electron chi connectivity index (χ1n) is 5.80. The Bertz CT molecular complexity index is 703. The second-order valence-electron chi connectivity index (χ2n) is 3.97. The number of hydrogen-bond acceptors (Lipinski definition) is 4. The number of allylic oxidation sites excluding steroid dienone is 2. The number of nitriles is 2. The highest BCUT2D eigenvalue weighted by Gasteiger charge is 2.21. The molecule has 0 N–H and O–H groups in total. The lowest BCUT2D eigenvalue weighted by molar-refractivity contribution is -0.683. The average molecular weight is 280 g/mol. The van der Waals surface area contributed by atoms with Crippen LogP contribution in [0.1, 0.15) is 10.4 Å². The van der Waals surface area contributed by atoms with Crippen molar-refractivity contribution in [1.82, 2.24) is 0 Å². The van der Waals surface area contributed by atoms with Crippen molar-refractivity contribution in [2.45, 2.75) is 6.54 Å². The van der Waals surface area contributed by atoms with E-state index < -0.39 is 0 Å². The van der Waals surface area contributed by atoms with E-state index in [0.29, 0.717) is 5.56 Å². The van der Waals surface area contributed by atoms with E-state index >= 15 is 0 Å². The predicted octanol–water partition coefficient (Wildman–Crippen LogP) is 2.26. The topological polar surface area (TPSA) is 68.5 Å². The molecule has 0 fully saturated rings. The second-order valence-corrected chi connectivity index (χ2v) is 4.73. The van der Waals surface area contributed by atoms with Gasteiger partial charge in [0.05, 0.1) is 11.0 Å². The first-order chi connectivity index (χ1) is 9.76. The maximum absolute atomic E-state index is 12.5. The fourth-order valence-electron chi connectivity index (χ4n) is 1.72. The number of thiazole rings is 1. The fourth-order valence-corrected chi connectivity index (χ4v) is 2.32. The Balaban J connectivity index is 2.44. The molecule has 0 aliphatic rings. The van der Waals surface area contributed by atoms with E-state index in [1.54, 1.807) is 47.2 Å². The van der Waals surface area contributed by atoms with Gasteiger partial charge in [0.25, 0.3) is 0 Å². The maximum atomic E-state index is 12.5. The Morgan fingerprint density at radius 2 is 1.90 bits per heavy atom. The van der Waals surface area contributed by atoms with E-state index in [1.807, 2.05) is 17.0 Å². The summed E-state index contributed by atoms with van der Waals surface area (Å²) in [4.78, 5) is 12.5. The van der Waals surface area contributed by atoms with Crippen LogP contribution in [-0.2, 0) is 6.54 Å². The average Bonchev–Trinajstić information content (AvgIpc) is 3.00. The van der Waals surface area contributed by atoms with Crippen LogP contribution in [0.4, 0.5) is 0 Å². The molecule has 0 aliphatic carbocycles. The molecule has 0 saturated carbocycles. The summed E-state index contributed by atoms with van der Waals surface area (Å²) in [5.41, 5.74) is 2.37. The Morgan fingerprint density at radius 1 is 1.20 bits per heavy atom. The van der Waals surface area contributed by atoms with Gasteiger partial charge in [-0.3, -0.25) is 4.79 Å². The fraction of sp³-hybridized carbons (Fsp3) is 0.0667. The molecule has 1 aromatic carbocycles. The van der Waals surface area contributed by atoms with Gasteiger partial charge in [-0.05, 0) is 0 Å². The molecule has 0 saturated heterocycles. The summed E-state index contributed by atoms with van der Waals surface area (Å²) >= 11 is 1.48. The molecule has 96 valence electrons. The molecule has 0 unspecified atom stereocenters. The van der Waals surface area contributed by atoms with Crippen LogP contribution in [0.25, 0.3) is 0 Å². The number of hydrogen-bond donors (Lipinski definition) is 0.